The molecule has 7 nitrogen and oxygen atoms in total. The van der Waals surface area contributed by atoms with E-state index in [0.717, 1.165) is 64.4 Å². The summed E-state index contributed by atoms with van der Waals surface area (Å²) in [4.78, 5) is 22.0. The highest BCUT2D eigenvalue weighted by Gasteiger charge is 2.40. The van der Waals surface area contributed by atoms with Crippen molar-refractivity contribution >= 4 is 11.6 Å². The summed E-state index contributed by atoms with van der Waals surface area (Å²) in [6.07, 6.45) is 5.68. The SMILES string of the molecule is COCCN1CCOC[C@]2(CCCN(C(=O)c3cnc4ccccn34)C2)C1. The zero-order chi connectivity index (χ0) is 18.7. The minimum atomic E-state index is -0.00135. The van der Waals surface area contributed by atoms with E-state index in [4.69, 9.17) is 9.47 Å². The molecule has 2 aromatic heterocycles. The number of aromatic nitrogens is 2. The van der Waals surface area contributed by atoms with Gasteiger partial charge in [-0.2, -0.15) is 0 Å². The molecule has 1 spiro atoms. The van der Waals surface area contributed by atoms with Gasteiger partial charge in [-0.1, -0.05) is 6.07 Å². The summed E-state index contributed by atoms with van der Waals surface area (Å²) in [6.45, 7) is 6.48. The number of hydrogen-bond donors (Lipinski definition) is 0. The van der Waals surface area contributed by atoms with Crippen LogP contribution in [0.25, 0.3) is 5.65 Å². The van der Waals surface area contributed by atoms with Gasteiger partial charge in [-0.25, -0.2) is 4.98 Å². The predicted octanol–water partition coefficient (Wildman–Crippen LogP) is 1.54. The van der Waals surface area contributed by atoms with Crippen LogP contribution in [0.5, 0.6) is 0 Å². The monoisotopic (exact) mass is 372 g/mol. The van der Waals surface area contributed by atoms with Crippen molar-refractivity contribution in [2.75, 3.05) is 59.7 Å². The maximum atomic E-state index is 13.2. The van der Waals surface area contributed by atoms with E-state index in [1.165, 1.54) is 0 Å². The summed E-state index contributed by atoms with van der Waals surface area (Å²) in [5.41, 5.74) is 1.43. The lowest BCUT2D eigenvalue weighted by atomic mass is 9.80. The fraction of sp³-hybridized carbons (Fsp3) is 0.600. The van der Waals surface area contributed by atoms with Gasteiger partial charge in [-0.05, 0) is 25.0 Å². The molecule has 2 aliphatic rings. The summed E-state index contributed by atoms with van der Waals surface area (Å²) in [6, 6.07) is 5.78. The summed E-state index contributed by atoms with van der Waals surface area (Å²) >= 11 is 0. The second kappa shape index (κ2) is 7.96. The van der Waals surface area contributed by atoms with E-state index in [9.17, 15) is 4.79 Å². The Bertz CT molecular complexity index is 792. The number of pyridine rings is 1. The average Bonchev–Trinajstić information content (AvgIpc) is 3.03. The summed E-state index contributed by atoms with van der Waals surface area (Å²) in [7, 11) is 1.74. The molecule has 0 unspecified atom stereocenters. The number of imidazole rings is 1. The molecule has 0 N–H and O–H groups in total. The number of fused-ring (bicyclic) bond motifs is 1. The fourth-order valence-electron chi connectivity index (χ4n) is 4.37. The molecule has 27 heavy (non-hydrogen) atoms. The van der Waals surface area contributed by atoms with E-state index in [2.05, 4.69) is 9.88 Å². The molecule has 1 atom stereocenters. The van der Waals surface area contributed by atoms with Crippen LogP contribution in [0.15, 0.2) is 30.6 Å². The van der Waals surface area contributed by atoms with Crippen molar-refractivity contribution < 1.29 is 14.3 Å². The molecule has 0 saturated carbocycles. The molecule has 0 aromatic carbocycles. The van der Waals surface area contributed by atoms with E-state index in [1.54, 1.807) is 13.3 Å². The number of likely N-dealkylation sites (tertiary alicyclic amines) is 1. The van der Waals surface area contributed by atoms with Crippen LogP contribution < -0.4 is 0 Å². The molecule has 0 radical (unpaired) electrons. The highest BCUT2D eigenvalue weighted by molar-refractivity contribution is 5.93. The molecule has 7 heteroatoms. The van der Waals surface area contributed by atoms with Gasteiger partial charge in [0.15, 0.2) is 0 Å². The van der Waals surface area contributed by atoms with Gasteiger partial charge >= 0.3 is 0 Å². The predicted molar refractivity (Wildman–Crippen MR) is 102 cm³/mol. The van der Waals surface area contributed by atoms with Crippen molar-refractivity contribution in [1.29, 1.82) is 0 Å². The second-order valence-electron chi connectivity index (χ2n) is 7.72. The molecule has 2 aromatic rings. The number of rotatable bonds is 4. The number of ether oxygens (including phenoxy) is 2. The number of nitrogens with zero attached hydrogens (tertiary/aromatic N) is 4. The number of methoxy groups -OCH3 is 1. The zero-order valence-corrected chi connectivity index (χ0v) is 16.0. The first kappa shape index (κ1) is 18.4. The largest absolute Gasteiger partial charge is 0.383 e. The Morgan fingerprint density at radius 1 is 1.33 bits per heavy atom. The minimum Gasteiger partial charge on any atom is -0.383 e. The van der Waals surface area contributed by atoms with E-state index < -0.39 is 0 Å². The van der Waals surface area contributed by atoms with Gasteiger partial charge in [0.1, 0.15) is 11.3 Å². The van der Waals surface area contributed by atoms with Crippen molar-refractivity contribution in [1.82, 2.24) is 19.2 Å². The third kappa shape index (κ3) is 3.85. The zero-order valence-electron chi connectivity index (χ0n) is 16.0. The van der Waals surface area contributed by atoms with Crippen LogP contribution in [-0.4, -0.2) is 84.7 Å². The Morgan fingerprint density at radius 2 is 2.26 bits per heavy atom. The van der Waals surface area contributed by atoms with Crippen LogP contribution in [0.4, 0.5) is 0 Å². The van der Waals surface area contributed by atoms with Crippen LogP contribution in [0.3, 0.4) is 0 Å². The van der Waals surface area contributed by atoms with E-state index >= 15 is 0 Å². The normalized spacial score (nSPS) is 24.4. The molecule has 2 aliphatic heterocycles. The van der Waals surface area contributed by atoms with Crippen LogP contribution >= 0.6 is 0 Å². The van der Waals surface area contributed by atoms with Crippen molar-refractivity contribution in [2.45, 2.75) is 12.8 Å². The summed E-state index contributed by atoms with van der Waals surface area (Å²) in [5.74, 6) is 0.0560. The third-order valence-electron chi connectivity index (χ3n) is 5.72. The molecule has 2 fully saturated rings. The molecule has 1 amide bonds. The van der Waals surface area contributed by atoms with Gasteiger partial charge in [-0.3, -0.25) is 14.1 Å². The summed E-state index contributed by atoms with van der Waals surface area (Å²) in [5, 5.41) is 0. The van der Waals surface area contributed by atoms with Gasteiger partial charge in [-0.15, -0.1) is 0 Å². The first-order valence-corrected chi connectivity index (χ1v) is 9.71. The van der Waals surface area contributed by atoms with Gasteiger partial charge < -0.3 is 14.4 Å². The van der Waals surface area contributed by atoms with Crippen LogP contribution in [-0.2, 0) is 9.47 Å². The van der Waals surface area contributed by atoms with Gasteiger partial charge in [0.05, 0.1) is 26.0 Å². The quantitative estimate of drug-likeness (QED) is 0.815. The van der Waals surface area contributed by atoms with E-state index in [-0.39, 0.29) is 11.3 Å². The van der Waals surface area contributed by atoms with E-state index in [0.29, 0.717) is 12.3 Å². The number of amides is 1. The first-order chi connectivity index (χ1) is 13.2. The second-order valence-corrected chi connectivity index (χ2v) is 7.72. The topological polar surface area (TPSA) is 59.3 Å². The maximum absolute atomic E-state index is 13.2. The van der Waals surface area contributed by atoms with E-state index in [1.807, 2.05) is 33.7 Å². The van der Waals surface area contributed by atoms with Crippen molar-refractivity contribution in [3.63, 3.8) is 0 Å². The Morgan fingerprint density at radius 3 is 3.15 bits per heavy atom. The minimum absolute atomic E-state index is 0.00135. The highest BCUT2D eigenvalue weighted by atomic mass is 16.5. The lowest BCUT2D eigenvalue weighted by Crippen LogP contribution is -2.52. The molecule has 2 saturated heterocycles. The number of hydrogen-bond acceptors (Lipinski definition) is 5. The Kier molecular flexibility index (Phi) is 5.43. The molecule has 146 valence electrons. The average molecular weight is 372 g/mol. The van der Waals surface area contributed by atoms with Crippen LogP contribution in [0, 0.1) is 5.41 Å². The third-order valence-corrected chi connectivity index (χ3v) is 5.72. The van der Waals surface area contributed by atoms with Gasteiger partial charge in [0.2, 0.25) is 0 Å². The molecular weight excluding hydrogens is 344 g/mol. The van der Waals surface area contributed by atoms with Gasteiger partial charge in [0, 0.05) is 51.4 Å². The van der Waals surface area contributed by atoms with Crippen molar-refractivity contribution in [3.8, 4) is 0 Å². The fourth-order valence-corrected chi connectivity index (χ4v) is 4.37. The number of carbonyl (C=O) groups is 1. The Hall–Kier alpha value is -1.96. The standard InChI is InChI=1S/C20H28N4O3/c1-26-11-9-22-10-12-27-16-20(14-22)6-4-7-23(15-20)19(25)17-13-21-18-5-2-3-8-24(17)18/h2-3,5,8,13H,4,6-7,9-12,14-16H2,1H3/t20-/m1/s1. The van der Waals surface area contributed by atoms with Gasteiger partial charge in [0.25, 0.3) is 5.91 Å². The number of carbonyl (C=O) groups excluding carboxylic acids is 1. The smallest absolute Gasteiger partial charge is 0.272 e. The summed E-state index contributed by atoms with van der Waals surface area (Å²) < 4.78 is 13.1. The first-order valence-electron chi connectivity index (χ1n) is 9.71. The molecule has 0 aliphatic carbocycles. The molecule has 0 bridgehead atoms. The Labute approximate surface area is 159 Å². The van der Waals surface area contributed by atoms with Crippen LogP contribution in [0.1, 0.15) is 23.3 Å². The van der Waals surface area contributed by atoms with Crippen LogP contribution in [0.2, 0.25) is 0 Å². The highest BCUT2D eigenvalue weighted by Crippen LogP contribution is 2.33. The lowest BCUT2D eigenvalue weighted by Gasteiger charge is -2.43. The maximum Gasteiger partial charge on any atom is 0.272 e. The molecule has 4 rings (SSSR count). The molecule has 4 heterocycles. The number of piperidine rings is 1. The van der Waals surface area contributed by atoms with Crippen molar-refractivity contribution in [3.05, 3.63) is 36.3 Å². The lowest BCUT2D eigenvalue weighted by molar-refractivity contribution is 0.00593. The Balaban J connectivity index is 1.52. The van der Waals surface area contributed by atoms with Crippen molar-refractivity contribution in [2.24, 2.45) is 5.41 Å². The molecular formula is C20H28N4O3.